The molecule has 0 unspecified atom stereocenters. The van der Waals surface area contributed by atoms with E-state index in [9.17, 15) is 9.18 Å². The summed E-state index contributed by atoms with van der Waals surface area (Å²) in [6, 6.07) is 6.24. The molecule has 7 nitrogen and oxygen atoms in total. The van der Waals surface area contributed by atoms with Crippen LogP contribution in [-0.2, 0) is 9.53 Å². The summed E-state index contributed by atoms with van der Waals surface area (Å²) >= 11 is 0. The van der Waals surface area contributed by atoms with Crippen molar-refractivity contribution in [2.45, 2.75) is 32.6 Å². The van der Waals surface area contributed by atoms with Crippen molar-refractivity contribution < 1.29 is 13.9 Å². The number of ether oxygens (including phenoxy) is 1. The molecule has 2 aromatic rings. The minimum Gasteiger partial charge on any atom is -0.383 e. The van der Waals surface area contributed by atoms with Crippen molar-refractivity contribution in [2.75, 3.05) is 42.3 Å². The lowest BCUT2D eigenvalue weighted by Crippen LogP contribution is -2.38. The first-order valence-corrected chi connectivity index (χ1v) is 10.6. The van der Waals surface area contributed by atoms with Crippen LogP contribution >= 0.6 is 0 Å². The second kappa shape index (κ2) is 7.30. The molecule has 1 saturated heterocycles. The van der Waals surface area contributed by atoms with E-state index in [2.05, 4.69) is 29.0 Å². The van der Waals surface area contributed by atoms with Gasteiger partial charge in [0.15, 0.2) is 5.78 Å². The topological polar surface area (TPSA) is 93.4 Å². The lowest BCUT2D eigenvalue weighted by molar-refractivity contribution is -0.118. The number of aromatic nitrogens is 2. The Morgan fingerprint density at radius 2 is 1.87 bits per heavy atom. The number of benzene rings is 1. The van der Waals surface area contributed by atoms with Gasteiger partial charge in [0.25, 0.3) is 0 Å². The van der Waals surface area contributed by atoms with E-state index in [1.165, 1.54) is 12.1 Å². The Bertz CT molecular complexity index is 1070. The van der Waals surface area contributed by atoms with Crippen LogP contribution in [0.3, 0.4) is 0 Å². The van der Waals surface area contributed by atoms with Crippen molar-refractivity contribution in [2.24, 2.45) is 5.41 Å². The molecule has 162 valence electrons. The largest absolute Gasteiger partial charge is 0.383 e. The summed E-state index contributed by atoms with van der Waals surface area (Å²) in [6.07, 6.45) is 1.18. The quantitative estimate of drug-likeness (QED) is 0.766. The number of carbonyl (C=O) groups is 1. The minimum absolute atomic E-state index is 0.0791. The highest BCUT2D eigenvalue weighted by Gasteiger charge is 2.42. The lowest BCUT2D eigenvalue weighted by atomic mass is 9.69. The number of nitrogens with zero attached hydrogens (tertiary/aromatic N) is 3. The third-order valence-corrected chi connectivity index (χ3v) is 6.23. The van der Waals surface area contributed by atoms with E-state index in [1.807, 2.05) is 0 Å². The number of hydrogen-bond acceptors (Lipinski definition) is 7. The number of ketones is 1. The zero-order valence-corrected chi connectivity index (χ0v) is 17.7. The van der Waals surface area contributed by atoms with Crippen molar-refractivity contribution in [3.8, 4) is 0 Å². The third-order valence-electron chi connectivity index (χ3n) is 6.23. The molecular formula is C23H26FN5O2. The molecule has 31 heavy (non-hydrogen) atoms. The number of fused-ring (bicyclic) bond motifs is 1. The summed E-state index contributed by atoms with van der Waals surface area (Å²) in [6.45, 7) is 6.80. The molecular weight excluding hydrogens is 397 g/mol. The van der Waals surface area contributed by atoms with E-state index in [0.29, 0.717) is 61.4 Å². The Hall–Kier alpha value is -3.00. The summed E-state index contributed by atoms with van der Waals surface area (Å²) in [5, 5.41) is 3.41. The van der Waals surface area contributed by atoms with Crippen molar-refractivity contribution >= 4 is 23.4 Å². The van der Waals surface area contributed by atoms with Gasteiger partial charge in [0.2, 0.25) is 5.95 Å². The molecule has 0 radical (unpaired) electrons. The lowest BCUT2D eigenvalue weighted by Gasteiger charge is -2.39. The van der Waals surface area contributed by atoms with Gasteiger partial charge in [-0.15, -0.1) is 0 Å². The Morgan fingerprint density at radius 1 is 1.16 bits per heavy atom. The number of allylic oxidation sites excluding steroid dienone is 2. The first kappa shape index (κ1) is 19.9. The molecule has 8 heteroatoms. The van der Waals surface area contributed by atoms with Gasteiger partial charge in [-0.3, -0.25) is 4.79 Å². The predicted molar refractivity (Wildman–Crippen MR) is 116 cm³/mol. The van der Waals surface area contributed by atoms with E-state index in [4.69, 9.17) is 15.5 Å². The van der Waals surface area contributed by atoms with Crippen LogP contribution in [0.5, 0.6) is 0 Å². The highest BCUT2D eigenvalue weighted by molar-refractivity contribution is 6.02. The van der Waals surface area contributed by atoms with Crippen LogP contribution in [0.2, 0.25) is 0 Å². The summed E-state index contributed by atoms with van der Waals surface area (Å²) in [7, 11) is 0. The zero-order chi connectivity index (χ0) is 21.8. The van der Waals surface area contributed by atoms with Gasteiger partial charge in [0.1, 0.15) is 17.5 Å². The monoisotopic (exact) mass is 423 g/mol. The number of nitrogen functional groups attached to an aromatic ring is 1. The van der Waals surface area contributed by atoms with Crippen LogP contribution < -0.4 is 16.0 Å². The maximum Gasteiger partial charge on any atom is 0.229 e. The van der Waals surface area contributed by atoms with Crippen molar-refractivity contribution in [3.05, 3.63) is 52.5 Å². The van der Waals surface area contributed by atoms with Crippen LogP contribution in [0.15, 0.2) is 35.5 Å². The van der Waals surface area contributed by atoms with Gasteiger partial charge < -0.3 is 20.7 Å². The van der Waals surface area contributed by atoms with Crippen molar-refractivity contribution in [3.63, 3.8) is 0 Å². The van der Waals surface area contributed by atoms with Gasteiger partial charge in [-0.2, -0.15) is 9.97 Å². The van der Waals surface area contributed by atoms with E-state index in [-0.39, 0.29) is 17.0 Å². The van der Waals surface area contributed by atoms with Crippen LogP contribution in [0, 0.1) is 11.2 Å². The SMILES string of the molecule is CC1(C)CC(=O)C2=C(C1)Nc1nc(N3CCOCC3)nc(N)c1[C@@H]2c1ccc(F)cc1. The zero-order valence-electron chi connectivity index (χ0n) is 17.7. The average molecular weight is 423 g/mol. The molecule has 1 atom stereocenters. The molecule has 5 rings (SSSR count). The molecule has 1 aliphatic carbocycles. The van der Waals surface area contributed by atoms with E-state index >= 15 is 0 Å². The van der Waals surface area contributed by atoms with Gasteiger partial charge >= 0.3 is 0 Å². The molecule has 1 fully saturated rings. The molecule has 1 aromatic heterocycles. The first-order chi connectivity index (χ1) is 14.8. The van der Waals surface area contributed by atoms with Gasteiger partial charge in [-0.25, -0.2) is 4.39 Å². The molecule has 3 heterocycles. The van der Waals surface area contributed by atoms with E-state index in [1.54, 1.807) is 12.1 Å². The molecule has 0 bridgehead atoms. The number of carbonyl (C=O) groups excluding carboxylic acids is 1. The number of nitrogens with one attached hydrogen (secondary N) is 1. The second-order valence-electron chi connectivity index (χ2n) is 9.21. The summed E-state index contributed by atoms with van der Waals surface area (Å²) < 4.78 is 19.1. The fraction of sp³-hybridized carbons (Fsp3) is 0.435. The second-order valence-corrected chi connectivity index (χ2v) is 9.21. The fourth-order valence-corrected chi connectivity index (χ4v) is 4.82. The number of rotatable bonds is 2. The summed E-state index contributed by atoms with van der Waals surface area (Å²) in [5.41, 5.74) is 9.36. The Kier molecular flexibility index (Phi) is 4.69. The normalized spacial score (nSPS) is 22.6. The van der Waals surface area contributed by atoms with Gasteiger partial charge in [-0.05, 0) is 29.5 Å². The summed E-state index contributed by atoms with van der Waals surface area (Å²) in [5.74, 6) is 0.833. The number of anilines is 3. The maximum atomic E-state index is 13.6. The predicted octanol–water partition coefficient (Wildman–Crippen LogP) is 3.24. The van der Waals surface area contributed by atoms with Crippen LogP contribution in [0.1, 0.15) is 43.7 Å². The number of hydrogen-bond donors (Lipinski definition) is 2. The smallest absolute Gasteiger partial charge is 0.229 e. The van der Waals surface area contributed by atoms with Crippen LogP contribution in [0.25, 0.3) is 0 Å². The van der Waals surface area contributed by atoms with E-state index < -0.39 is 5.92 Å². The van der Waals surface area contributed by atoms with Crippen molar-refractivity contribution in [1.82, 2.24) is 9.97 Å². The number of nitrogens with two attached hydrogens (primary N) is 1. The highest BCUT2D eigenvalue weighted by Crippen LogP contribution is 2.50. The molecule has 2 aliphatic heterocycles. The number of morpholine rings is 1. The van der Waals surface area contributed by atoms with E-state index in [0.717, 1.165) is 17.7 Å². The average Bonchev–Trinajstić information content (AvgIpc) is 2.72. The maximum absolute atomic E-state index is 13.6. The molecule has 0 saturated carbocycles. The highest BCUT2D eigenvalue weighted by atomic mass is 19.1. The van der Waals surface area contributed by atoms with Gasteiger partial charge in [-0.1, -0.05) is 26.0 Å². The number of Topliss-reactive ketones (excluding diaryl/α,β-unsaturated/α-hetero) is 1. The van der Waals surface area contributed by atoms with Crippen molar-refractivity contribution in [1.29, 1.82) is 0 Å². The first-order valence-electron chi connectivity index (χ1n) is 10.6. The Balaban J connectivity index is 1.67. The molecule has 3 aliphatic rings. The molecule has 0 spiro atoms. The standard InChI is InChI=1S/C23H26FN5O2/c1-23(2)11-15-18(16(30)12-23)17(13-3-5-14(24)6-4-13)19-20(25)27-22(28-21(19)26-15)29-7-9-31-10-8-29/h3-6,17H,7-12H2,1-2H3,(H3,25,26,27,28)/t17-/m1/s1. The Labute approximate surface area is 180 Å². The summed E-state index contributed by atoms with van der Waals surface area (Å²) in [4.78, 5) is 24.7. The minimum atomic E-state index is -0.422. The van der Waals surface area contributed by atoms with Crippen LogP contribution in [-0.4, -0.2) is 42.1 Å². The Morgan fingerprint density at radius 3 is 2.58 bits per heavy atom. The van der Waals surface area contributed by atoms with Crippen LogP contribution in [0.4, 0.5) is 22.0 Å². The third kappa shape index (κ3) is 3.54. The molecule has 0 amide bonds. The number of halogens is 1. The fourth-order valence-electron chi connectivity index (χ4n) is 4.82. The van der Waals surface area contributed by atoms with Gasteiger partial charge in [0, 0.05) is 42.3 Å². The molecule has 3 N–H and O–H groups in total. The van der Waals surface area contributed by atoms with Gasteiger partial charge in [0.05, 0.1) is 13.2 Å². The molecule has 1 aromatic carbocycles.